The molecule has 10 nitrogen and oxygen atoms in total. The van der Waals surface area contributed by atoms with Crippen LogP contribution in [-0.2, 0) is 9.53 Å². The van der Waals surface area contributed by atoms with Crippen molar-refractivity contribution in [2.45, 2.75) is 26.2 Å². The number of methoxy groups -OCH3 is 5. The van der Waals surface area contributed by atoms with Gasteiger partial charge in [0.25, 0.3) is 5.91 Å². The molecule has 1 amide bonds. The van der Waals surface area contributed by atoms with Crippen molar-refractivity contribution >= 4 is 40.8 Å². The Labute approximate surface area is 281 Å². The van der Waals surface area contributed by atoms with Crippen LogP contribution in [0, 0.1) is 0 Å². The van der Waals surface area contributed by atoms with Gasteiger partial charge in [-0.1, -0.05) is 31.9 Å². The molecule has 1 fully saturated rings. The Morgan fingerprint density at radius 2 is 1.19 bits per heavy atom. The van der Waals surface area contributed by atoms with E-state index in [1.807, 2.05) is 72.8 Å². The number of carbonyl (C=O) groups excluding carboxylic acids is 1. The van der Waals surface area contributed by atoms with Gasteiger partial charge in [0.05, 0.1) is 35.5 Å². The van der Waals surface area contributed by atoms with Crippen LogP contribution < -0.4 is 28.6 Å². The monoisotopic (exact) mass is 651 g/mol. The molecule has 0 radical (unpaired) electrons. The van der Waals surface area contributed by atoms with Crippen LogP contribution in [0.4, 0.5) is 22.7 Å². The first-order valence-electron chi connectivity index (χ1n) is 15.7. The molecule has 0 aliphatic carbocycles. The van der Waals surface area contributed by atoms with Gasteiger partial charge in [0.15, 0.2) is 22.9 Å². The number of hydrogen-bond acceptors (Lipinski definition) is 9. The number of hydrogen-bond donors (Lipinski definition) is 0. The molecule has 1 aliphatic rings. The summed E-state index contributed by atoms with van der Waals surface area (Å²) >= 11 is 0. The summed E-state index contributed by atoms with van der Waals surface area (Å²) in [4.78, 5) is 22.1. The summed E-state index contributed by atoms with van der Waals surface area (Å²) < 4.78 is 33.4. The molecule has 1 saturated heterocycles. The van der Waals surface area contributed by atoms with Crippen molar-refractivity contribution in [3.05, 3.63) is 96.3 Å². The van der Waals surface area contributed by atoms with Gasteiger partial charge in [-0.05, 0) is 78.7 Å². The molecular formula is C38H41N3O7. The number of ether oxygens (including phenoxy) is 6. The first-order valence-corrected chi connectivity index (χ1v) is 15.7. The summed E-state index contributed by atoms with van der Waals surface area (Å²) in [7, 11) is 7.93. The highest BCUT2D eigenvalue weighted by Gasteiger charge is 2.35. The Morgan fingerprint density at radius 1 is 0.688 bits per heavy atom. The van der Waals surface area contributed by atoms with Gasteiger partial charge in [-0.25, -0.2) is 0 Å². The van der Waals surface area contributed by atoms with E-state index in [4.69, 9.17) is 33.4 Å². The highest BCUT2D eigenvalue weighted by molar-refractivity contribution is 6.12. The van der Waals surface area contributed by atoms with E-state index in [0.717, 1.165) is 53.4 Å². The molecule has 0 saturated carbocycles. The standard InChI is InChI=1S/C38H41N3O7/c1-7-8-9-22-40-37(42)35(48-38(40)39-36-33(46-5)24-32(45-4)25-34(36)47-6)23-26-10-12-27(13-11-26)41(28-14-18-30(43-2)19-15-28)29-16-20-31(44-3)21-17-29/h10-21,23-25H,7-9,22H2,1-6H3. The van der Waals surface area contributed by atoms with E-state index in [0.29, 0.717) is 29.5 Å². The molecule has 1 aliphatic heterocycles. The third kappa shape index (κ3) is 7.49. The van der Waals surface area contributed by atoms with E-state index >= 15 is 0 Å². The number of benzene rings is 4. The molecule has 0 bridgehead atoms. The fourth-order valence-corrected chi connectivity index (χ4v) is 5.28. The van der Waals surface area contributed by atoms with Gasteiger partial charge in [0.2, 0.25) is 0 Å². The van der Waals surface area contributed by atoms with Gasteiger partial charge in [0.1, 0.15) is 17.2 Å². The van der Waals surface area contributed by atoms with Crippen molar-refractivity contribution in [1.29, 1.82) is 0 Å². The number of amidine groups is 1. The number of aliphatic imine (C=N–C) groups is 1. The van der Waals surface area contributed by atoms with E-state index in [9.17, 15) is 4.79 Å². The summed E-state index contributed by atoms with van der Waals surface area (Å²) in [6.45, 7) is 2.57. The SMILES string of the molecule is CCCCCN1C(=O)C(=Cc2ccc(N(c3ccc(OC)cc3)c3ccc(OC)cc3)cc2)OC1=Nc1c(OC)cc(OC)cc1OC. The van der Waals surface area contributed by atoms with Gasteiger partial charge in [-0.3, -0.25) is 9.69 Å². The molecule has 250 valence electrons. The molecule has 5 rings (SSSR count). The first-order chi connectivity index (χ1) is 23.4. The van der Waals surface area contributed by atoms with Gasteiger partial charge in [-0.2, -0.15) is 4.99 Å². The Bertz CT molecular complexity index is 1680. The van der Waals surface area contributed by atoms with Crippen molar-refractivity contribution in [3.8, 4) is 28.7 Å². The molecule has 48 heavy (non-hydrogen) atoms. The van der Waals surface area contributed by atoms with Crippen molar-refractivity contribution in [2.24, 2.45) is 4.99 Å². The lowest BCUT2D eigenvalue weighted by molar-refractivity contribution is -0.122. The number of nitrogens with zero attached hydrogens (tertiary/aromatic N) is 3. The predicted molar refractivity (Wildman–Crippen MR) is 188 cm³/mol. The molecule has 0 spiro atoms. The average molecular weight is 652 g/mol. The second-order valence-electron chi connectivity index (χ2n) is 10.9. The van der Waals surface area contributed by atoms with Crippen LogP contribution in [-0.4, -0.2) is 58.9 Å². The zero-order valence-electron chi connectivity index (χ0n) is 28.2. The van der Waals surface area contributed by atoms with Gasteiger partial charge in [-0.15, -0.1) is 0 Å². The Morgan fingerprint density at radius 3 is 1.65 bits per heavy atom. The highest BCUT2D eigenvalue weighted by atomic mass is 16.5. The number of amides is 1. The second-order valence-corrected chi connectivity index (χ2v) is 10.9. The van der Waals surface area contributed by atoms with Crippen molar-refractivity contribution in [2.75, 3.05) is 47.0 Å². The third-order valence-corrected chi connectivity index (χ3v) is 7.88. The van der Waals surface area contributed by atoms with Gasteiger partial charge >= 0.3 is 6.02 Å². The molecule has 10 heteroatoms. The van der Waals surface area contributed by atoms with E-state index in [1.54, 1.807) is 44.4 Å². The van der Waals surface area contributed by atoms with Crippen molar-refractivity contribution < 1.29 is 33.2 Å². The molecule has 4 aromatic carbocycles. The van der Waals surface area contributed by atoms with Crippen LogP contribution >= 0.6 is 0 Å². The number of unbranched alkanes of at least 4 members (excludes halogenated alkanes) is 2. The minimum atomic E-state index is -0.265. The molecule has 0 unspecified atom stereocenters. The van der Waals surface area contributed by atoms with Crippen LogP contribution in [0.5, 0.6) is 28.7 Å². The Kier molecular flexibility index (Phi) is 11.1. The fourth-order valence-electron chi connectivity index (χ4n) is 5.28. The zero-order chi connectivity index (χ0) is 34.0. The molecule has 0 aromatic heterocycles. The topological polar surface area (TPSA) is 91.3 Å². The maximum Gasteiger partial charge on any atom is 0.305 e. The molecular weight excluding hydrogens is 610 g/mol. The number of anilines is 3. The van der Waals surface area contributed by atoms with E-state index in [1.165, 1.54) is 14.2 Å². The van der Waals surface area contributed by atoms with Crippen LogP contribution in [0.1, 0.15) is 31.7 Å². The van der Waals surface area contributed by atoms with Gasteiger partial charge < -0.3 is 33.3 Å². The van der Waals surface area contributed by atoms with Crippen molar-refractivity contribution in [1.82, 2.24) is 4.90 Å². The van der Waals surface area contributed by atoms with Crippen molar-refractivity contribution in [3.63, 3.8) is 0 Å². The minimum absolute atomic E-state index is 0.158. The summed E-state index contributed by atoms with van der Waals surface area (Å²) in [5.41, 5.74) is 4.02. The van der Waals surface area contributed by atoms with Crippen LogP contribution in [0.2, 0.25) is 0 Å². The van der Waals surface area contributed by atoms with Crippen LogP contribution in [0.3, 0.4) is 0 Å². The maximum atomic E-state index is 13.7. The molecule has 0 atom stereocenters. The first kappa shape index (κ1) is 33.7. The lowest BCUT2D eigenvalue weighted by Crippen LogP contribution is -2.30. The summed E-state index contributed by atoms with van der Waals surface area (Å²) in [5.74, 6) is 2.85. The molecule has 4 aromatic rings. The van der Waals surface area contributed by atoms with E-state index < -0.39 is 0 Å². The van der Waals surface area contributed by atoms with Gasteiger partial charge in [0, 0.05) is 35.7 Å². The average Bonchev–Trinajstić information content (AvgIpc) is 3.42. The summed E-state index contributed by atoms with van der Waals surface area (Å²) in [6.07, 6.45) is 4.51. The minimum Gasteiger partial charge on any atom is -0.497 e. The predicted octanol–water partition coefficient (Wildman–Crippen LogP) is 8.28. The lowest BCUT2D eigenvalue weighted by atomic mass is 10.1. The lowest BCUT2D eigenvalue weighted by Gasteiger charge is -2.26. The quantitative estimate of drug-likeness (QED) is 0.0994. The largest absolute Gasteiger partial charge is 0.497 e. The van der Waals surface area contributed by atoms with Crippen LogP contribution in [0.15, 0.2) is 95.7 Å². The van der Waals surface area contributed by atoms with Crippen LogP contribution in [0.25, 0.3) is 6.08 Å². The Balaban J connectivity index is 1.48. The molecule has 0 N–H and O–H groups in total. The smallest absolute Gasteiger partial charge is 0.305 e. The summed E-state index contributed by atoms with van der Waals surface area (Å²) in [5, 5.41) is 0. The number of rotatable bonds is 14. The second kappa shape index (κ2) is 15.8. The maximum absolute atomic E-state index is 13.7. The highest BCUT2D eigenvalue weighted by Crippen LogP contribution is 2.42. The third-order valence-electron chi connectivity index (χ3n) is 7.88. The number of carbonyl (C=O) groups is 1. The molecule has 1 heterocycles. The summed E-state index contributed by atoms with van der Waals surface area (Å²) in [6, 6.07) is 27.2. The fraction of sp³-hybridized carbons (Fsp3) is 0.263. The zero-order valence-corrected chi connectivity index (χ0v) is 28.2. The Hall–Kier alpha value is -5.64. The van der Waals surface area contributed by atoms with E-state index in [2.05, 4.69) is 11.8 Å². The normalized spacial score (nSPS) is 14.2. The van der Waals surface area contributed by atoms with E-state index in [-0.39, 0.29) is 17.7 Å².